The molecule has 7 heteroatoms. The van der Waals surface area contributed by atoms with Gasteiger partial charge in [-0.2, -0.15) is 0 Å². The summed E-state index contributed by atoms with van der Waals surface area (Å²) >= 11 is 0. The van der Waals surface area contributed by atoms with E-state index in [1.165, 1.54) is 0 Å². The first-order chi connectivity index (χ1) is 9.98. The van der Waals surface area contributed by atoms with E-state index in [2.05, 4.69) is 10.6 Å². The van der Waals surface area contributed by atoms with Crippen LogP contribution in [0, 0.1) is 11.3 Å². The summed E-state index contributed by atoms with van der Waals surface area (Å²) in [6.45, 7) is 3.31. The second-order valence-corrected chi connectivity index (χ2v) is 5.91. The summed E-state index contributed by atoms with van der Waals surface area (Å²) in [5, 5.41) is 14.8. The van der Waals surface area contributed by atoms with Gasteiger partial charge in [-0.15, -0.1) is 0 Å². The highest BCUT2D eigenvalue weighted by molar-refractivity contribution is 5.81. The van der Waals surface area contributed by atoms with E-state index < -0.39 is 11.4 Å². The van der Waals surface area contributed by atoms with Crippen LogP contribution in [0.3, 0.4) is 0 Å². The second kappa shape index (κ2) is 6.32. The third kappa shape index (κ3) is 3.65. The molecule has 2 fully saturated rings. The summed E-state index contributed by atoms with van der Waals surface area (Å²) in [6.07, 6.45) is 2.93. The fourth-order valence-corrected chi connectivity index (χ4v) is 2.62. The smallest absolute Gasteiger partial charge is 0.317 e. The molecule has 1 atom stereocenters. The van der Waals surface area contributed by atoms with Crippen LogP contribution in [-0.2, 0) is 9.59 Å². The van der Waals surface area contributed by atoms with Crippen molar-refractivity contribution in [3.63, 3.8) is 0 Å². The number of rotatable bonds is 6. The summed E-state index contributed by atoms with van der Waals surface area (Å²) in [4.78, 5) is 36.2. The lowest BCUT2D eigenvalue weighted by Crippen LogP contribution is -2.44. The van der Waals surface area contributed by atoms with Gasteiger partial charge in [-0.3, -0.25) is 9.59 Å². The molecule has 0 aromatic heterocycles. The Hall–Kier alpha value is -1.79. The average Bonchev–Trinajstić information content (AvgIpc) is 3.21. The molecule has 1 unspecified atom stereocenters. The normalized spacial score (nSPS) is 24.7. The molecule has 0 spiro atoms. The number of carbonyl (C=O) groups excluding carboxylic acids is 2. The van der Waals surface area contributed by atoms with Crippen LogP contribution in [0.15, 0.2) is 0 Å². The van der Waals surface area contributed by atoms with Gasteiger partial charge in [0.25, 0.3) is 0 Å². The van der Waals surface area contributed by atoms with Crippen molar-refractivity contribution in [3.05, 3.63) is 0 Å². The Kier molecular flexibility index (Phi) is 4.69. The Balaban J connectivity index is 1.69. The lowest BCUT2D eigenvalue weighted by atomic mass is 9.84. The Morgan fingerprint density at radius 1 is 1.24 bits per heavy atom. The van der Waals surface area contributed by atoms with Crippen LogP contribution in [0.2, 0.25) is 0 Å². The van der Waals surface area contributed by atoms with E-state index >= 15 is 0 Å². The maximum atomic E-state index is 12.0. The van der Waals surface area contributed by atoms with Gasteiger partial charge in [-0.25, -0.2) is 4.79 Å². The van der Waals surface area contributed by atoms with E-state index in [-0.39, 0.29) is 24.4 Å². The third-order valence-electron chi connectivity index (χ3n) is 4.42. The van der Waals surface area contributed by atoms with Crippen LogP contribution in [0.25, 0.3) is 0 Å². The number of carboxylic acid groups (broad SMARTS) is 1. The van der Waals surface area contributed by atoms with Crippen molar-refractivity contribution in [2.75, 3.05) is 26.2 Å². The maximum absolute atomic E-state index is 12.0. The number of amides is 3. The molecule has 1 aliphatic carbocycles. The lowest BCUT2D eigenvalue weighted by molar-refractivity contribution is -0.148. The van der Waals surface area contributed by atoms with E-state index in [0.717, 1.165) is 12.8 Å². The maximum Gasteiger partial charge on any atom is 0.317 e. The number of urea groups is 1. The number of hydrogen-bond donors (Lipinski definition) is 3. The second-order valence-electron chi connectivity index (χ2n) is 5.91. The highest BCUT2D eigenvalue weighted by atomic mass is 16.4. The fourth-order valence-electron chi connectivity index (χ4n) is 2.62. The van der Waals surface area contributed by atoms with Gasteiger partial charge in [0, 0.05) is 32.1 Å². The Bertz CT molecular complexity index is 436. The summed E-state index contributed by atoms with van der Waals surface area (Å²) in [5.74, 6) is -0.613. The number of nitrogens with zero attached hydrogens (tertiary/aromatic N) is 1. The van der Waals surface area contributed by atoms with Crippen LogP contribution in [0.1, 0.15) is 32.6 Å². The Morgan fingerprint density at radius 3 is 2.43 bits per heavy atom. The SMILES string of the molecule is CCC1(C(=O)O)CCN(C(=O)NCCNC(=O)C2CC2)C1. The number of carbonyl (C=O) groups is 3. The molecule has 2 aliphatic rings. The zero-order chi connectivity index (χ0) is 15.5. The van der Waals surface area contributed by atoms with Crippen LogP contribution in [-0.4, -0.2) is 54.1 Å². The monoisotopic (exact) mass is 297 g/mol. The molecule has 7 nitrogen and oxygen atoms in total. The number of aliphatic carboxylic acids is 1. The first kappa shape index (κ1) is 15.6. The van der Waals surface area contributed by atoms with Crippen molar-refractivity contribution in [2.45, 2.75) is 32.6 Å². The van der Waals surface area contributed by atoms with E-state index in [1.807, 2.05) is 6.92 Å². The minimum atomic E-state index is -0.836. The first-order valence-electron chi connectivity index (χ1n) is 7.52. The van der Waals surface area contributed by atoms with Gasteiger partial charge >= 0.3 is 12.0 Å². The molecule has 3 amide bonds. The lowest BCUT2D eigenvalue weighted by Gasteiger charge is -2.23. The molecule has 118 valence electrons. The van der Waals surface area contributed by atoms with Crippen molar-refractivity contribution in [1.82, 2.24) is 15.5 Å². The molecule has 21 heavy (non-hydrogen) atoms. The highest BCUT2D eigenvalue weighted by Gasteiger charge is 2.44. The topological polar surface area (TPSA) is 98.7 Å². The van der Waals surface area contributed by atoms with Gasteiger partial charge < -0.3 is 20.6 Å². The Labute approximate surface area is 124 Å². The summed E-state index contributed by atoms with van der Waals surface area (Å²) in [7, 11) is 0. The van der Waals surface area contributed by atoms with E-state index in [0.29, 0.717) is 32.5 Å². The zero-order valence-corrected chi connectivity index (χ0v) is 12.4. The molecule has 0 aromatic carbocycles. The number of carboxylic acids is 1. The summed E-state index contributed by atoms with van der Waals surface area (Å²) in [6, 6.07) is -0.257. The summed E-state index contributed by atoms with van der Waals surface area (Å²) in [5.41, 5.74) is -0.808. The number of likely N-dealkylation sites (tertiary alicyclic amines) is 1. The van der Waals surface area contributed by atoms with Gasteiger partial charge in [0.05, 0.1) is 5.41 Å². The quantitative estimate of drug-likeness (QED) is 0.618. The van der Waals surface area contributed by atoms with Gasteiger partial charge in [0.2, 0.25) is 5.91 Å². The number of hydrogen-bond acceptors (Lipinski definition) is 3. The molecule has 1 saturated heterocycles. The molecule has 1 saturated carbocycles. The van der Waals surface area contributed by atoms with E-state index in [1.54, 1.807) is 4.90 Å². The minimum Gasteiger partial charge on any atom is -0.481 e. The van der Waals surface area contributed by atoms with E-state index in [4.69, 9.17) is 0 Å². The molecule has 1 heterocycles. The highest BCUT2D eigenvalue weighted by Crippen LogP contribution is 2.34. The van der Waals surface area contributed by atoms with Crippen molar-refractivity contribution in [1.29, 1.82) is 0 Å². The molecule has 0 bridgehead atoms. The summed E-state index contributed by atoms with van der Waals surface area (Å²) < 4.78 is 0. The largest absolute Gasteiger partial charge is 0.481 e. The molecular formula is C14H23N3O4. The molecular weight excluding hydrogens is 274 g/mol. The average molecular weight is 297 g/mol. The predicted molar refractivity (Wildman–Crippen MR) is 75.7 cm³/mol. The van der Waals surface area contributed by atoms with Gasteiger partial charge in [0.15, 0.2) is 0 Å². The third-order valence-corrected chi connectivity index (χ3v) is 4.42. The Morgan fingerprint density at radius 2 is 1.90 bits per heavy atom. The predicted octanol–water partition coefficient (Wildman–Crippen LogP) is 0.409. The minimum absolute atomic E-state index is 0.0568. The van der Waals surface area contributed by atoms with E-state index in [9.17, 15) is 19.5 Å². The van der Waals surface area contributed by atoms with Crippen molar-refractivity contribution in [2.24, 2.45) is 11.3 Å². The van der Waals surface area contributed by atoms with Gasteiger partial charge in [0.1, 0.15) is 0 Å². The van der Waals surface area contributed by atoms with Crippen molar-refractivity contribution >= 4 is 17.9 Å². The van der Waals surface area contributed by atoms with Crippen LogP contribution < -0.4 is 10.6 Å². The van der Waals surface area contributed by atoms with Crippen LogP contribution in [0.4, 0.5) is 4.79 Å². The fraction of sp³-hybridized carbons (Fsp3) is 0.786. The van der Waals surface area contributed by atoms with Crippen LogP contribution >= 0.6 is 0 Å². The molecule has 0 radical (unpaired) electrons. The van der Waals surface area contributed by atoms with Gasteiger partial charge in [-0.1, -0.05) is 6.92 Å². The van der Waals surface area contributed by atoms with Crippen molar-refractivity contribution < 1.29 is 19.5 Å². The molecule has 1 aliphatic heterocycles. The molecule has 2 rings (SSSR count). The zero-order valence-electron chi connectivity index (χ0n) is 12.4. The first-order valence-corrected chi connectivity index (χ1v) is 7.52. The van der Waals surface area contributed by atoms with Crippen LogP contribution in [0.5, 0.6) is 0 Å². The number of nitrogens with one attached hydrogen (secondary N) is 2. The molecule has 3 N–H and O–H groups in total. The van der Waals surface area contributed by atoms with Gasteiger partial charge in [-0.05, 0) is 25.7 Å². The van der Waals surface area contributed by atoms with Crippen molar-refractivity contribution in [3.8, 4) is 0 Å². The standard InChI is InChI=1S/C14H23N3O4/c1-2-14(12(19)20)5-8-17(9-14)13(21)16-7-6-15-11(18)10-3-4-10/h10H,2-9H2,1H3,(H,15,18)(H,16,21)(H,19,20). The molecule has 0 aromatic rings.